The molecule has 0 bridgehead atoms. The van der Waals surface area contributed by atoms with Crippen LogP contribution in [0, 0.1) is 0 Å². The maximum Gasteiger partial charge on any atom is 0.0866 e. The zero-order chi connectivity index (χ0) is 5.41. The van der Waals surface area contributed by atoms with Crippen LogP contribution in [0.2, 0.25) is 0 Å². The molecule has 0 spiro atoms. The van der Waals surface area contributed by atoms with Crippen LogP contribution in [-0.4, -0.2) is 13.8 Å². The average molecular weight is 98.1 g/mol. The molecule has 0 aliphatic heterocycles. The molecule has 0 rings (SSSR count). The highest BCUT2D eigenvalue weighted by molar-refractivity contribution is 3.86. The Balaban J connectivity index is 0. The van der Waals surface area contributed by atoms with Crippen molar-refractivity contribution in [2.24, 2.45) is 0 Å². The molecule has 0 radical (unpaired) electrons. The molecule has 0 aromatic heterocycles. The van der Waals surface area contributed by atoms with Gasteiger partial charge in [0, 0.05) is 0 Å². The zero-order valence-corrected chi connectivity index (χ0v) is 3.87. The molecule has 6 heavy (non-hydrogen) atoms. The standard InChI is InChI=1S/C2H5F.CH3FO/c1-2-3;1-3-2/h2H2,1H3;1H3. The van der Waals surface area contributed by atoms with Crippen molar-refractivity contribution in [3.8, 4) is 0 Å². The van der Waals surface area contributed by atoms with Crippen LogP contribution in [0.1, 0.15) is 6.92 Å². The minimum Gasteiger partial charge on any atom is -0.251 e. The van der Waals surface area contributed by atoms with E-state index in [0.717, 1.165) is 7.11 Å². The predicted octanol–water partition coefficient (Wildman–Crippen LogP) is 1.49. The van der Waals surface area contributed by atoms with Crippen LogP contribution < -0.4 is 0 Å². The number of rotatable bonds is 0. The van der Waals surface area contributed by atoms with Gasteiger partial charge in [-0.25, -0.2) is 0 Å². The molecule has 0 aliphatic carbocycles. The molecule has 0 fully saturated rings. The lowest BCUT2D eigenvalue weighted by Crippen LogP contribution is -1.43. The van der Waals surface area contributed by atoms with E-state index in [1.54, 1.807) is 0 Å². The van der Waals surface area contributed by atoms with Gasteiger partial charge in [0.05, 0.1) is 13.8 Å². The number of hydrogen-bond acceptors (Lipinski definition) is 1. The minimum absolute atomic E-state index is 0.250. The van der Waals surface area contributed by atoms with Crippen LogP contribution in [0.15, 0.2) is 0 Å². The van der Waals surface area contributed by atoms with Crippen LogP contribution in [0.4, 0.5) is 8.92 Å². The molecule has 0 heterocycles. The second-order valence-corrected chi connectivity index (χ2v) is 0.422. The maximum absolute atomic E-state index is 10.3. The Morgan fingerprint density at radius 3 is 1.67 bits per heavy atom. The van der Waals surface area contributed by atoms with E-state index in [4.69, 9.17) is 0 Å². The van der Waals surface area contributed by atoms with Crippen molar-refractivity contribution in [3.05, 3.63) is 0 Å². The van der Waals surface area contributed by atoms with E-state index in [2.05, 4.69) is 4.94 Å². The SMILES string of the molecule is CCF.COF. The smallest absolute Gasteiger partial charge is 0.0866 e. The normalized spacial score (nSPS) is 6.00. The molecule has 0 N–H and O–H groups in total. The molecular formula is C3H8F2O. The summed E-state index contributed by atoms with van der Waals surface area (Å²) in [6, 6.07) is 0. The van der Waals surface area contributed by atoms with Gasteiger partial charge in [-0.3, -0.25) is 4.39 Å². The number of halogens is 2. The molecule has 0 amide bonds. The lowest BCUT2D eigenvalue weighted by atomic mass is 10.9. The zero-order valence-electron chi connectivity index (χ0n) is 3.87. The molecule has 0 saturated heterocycles. The third-order valence-corrected chi connectivity index (χ3v) is 0. The van der Waals surface area contributed by atoms with E-state index >= 15 is 0 Å². The highest BCUT2D eigenvalue weighted by atomic mass is 19.3. The third kappa shape index (κ3) is 938. The van der Waals surface area contributed by atoms with Crippen molar-refractivity contribution in [1.29, 1.82) is 0 Å². The van der Waals surface area contributed by atoms with Crippen molar-refractivity contribution >= 4 is 0 Å². The first-order valence-corrected chi connectivity index (χ1v) is 1.54. The fourth-order valence-electron chi connectivity index (χ4n) is 0. The van der Waals surface area contributed by atoms with Gasteiger partial charge < -0.3 is 0 Å². The van der Waals surface area contributed by atoms with E-state index in [1.807, 2.05) is 0 Å². The largest absolute Gasteiger partial charge is 0.251 e. The van der Waals surface area contributed by atoms with Gasteiger partial charge >= 0.3 is 0 Å². The van der Waals surface area contributed by atoms with Gasteiger partial charge in [-0.15, -0.1) is 0 Å². The fraction of sp³-hybridized carbons (Fsp3) is 1.00. The molecule has 0 aromatic rings. The Morgan fingerprint density at radius 2 is 1.67 bits per heavy atom. The Bertz CT molecular complexity index is 10.8. The van der Waals surface area contributed by atoms with Crippen molar-refractivity contribution in [1.82, 2.24) is 0 Å². The monoisotopic (exact) mass is 98.1 g/mol. The molecule has 40 valence electrons. The summed E-state index contributed by atoms with van der Waals surface area (Å²) in [5, 5.41) is 0. The molecule has 0 aromatic carbocycles. The second kappa shape index (κ2) is 21.2. The number of alkyl halides is 1. The quantitative estimate of drug-likeness (QED) is 0.446. The Morgan fingerprint density at radius 1 is 1.67 bits per heavy atom. The summed E-state index contributed by atoms with van der Waals surface area (Å²) in [7, 11) is 0.958. The summed E-state index contributed by atoms with van der Waals surface area (Å²) < 4.78 is 20.1. The van der Waals surface area contributed by atoms with Gasteiger partial charge in [-0.2, -0.15) is 4.94 Å². The van der Waals surface area contributed by atoms with Crippen LogP contribution in [-0.2, 0) is 4.94 Å². The molecule has 3 heteroatoms. The van der Waals surface area contributed by atoms with Crippen molar-refractivity contribution in [2.45, 2.75) is 6.92 Å². The Kier molecular flexibility index (Phi) is 32.8. The van der Waals surface area contributed by atoms with Gasteiger partial charge in [0.1, 0.15) is 0 Å². The van der Waals surface area contributed by atoms with Crippen LogP contribution >= 0.6 is 0 Å². The summed E-state index contributed by atoms with van der Waals surface area (Å²) >= 11 is 0. The van der Waals surface area contributed by atoms with Gasteiger partial charge in [0.2, 0.25) is 0 Å². The third-order valence-electron chi connectivity index (χ3n) is 0. The van der Waals surface area contributed by atoms with Crippen LogP contribution in [0.5, 0.6) is 0 Å². The first-order valence-electron chi connectivity index (χ1n) is 1.54. The van der Waals surface area contributed by atoms with E-state index in [-0.39, 0.29) is 6.67 Å². The number of hydrogen-bond donors (Lipinski definition) is 0. The van der Waals surface area contributed by atoms with Gasteiger partial charge in [-0.1, -0.05) is 0 Å². The maximum atomic E-state index is 10.3. The van der Waals surface area contributed by atoms with E-state index in [0.29, 0.717) is 0 Å². The van der Waals surface area contributed by atoms with E-state index < -0.39 is 0 Å². The predicted molar refractivity (Wildman–Crippen MR) is 19.8 cm³/mol. The van der Waals surface area contributed by atoms with Gasteiger partial charge in [0.25, 0.3) is 0 Å². The summed E-state index contributed by atoms with van der Waals surface area (Å²) in [6.07, 6.45) is 0. The molecule has 0 aliphatic rings. The lowest BCUT2D eigenvalue weighted by Gasteiger charge is -1.51. The first-order chi connectivity index (χ1) is 2.83. The topological polar surface area (TPSA) is 9.23 Å². The van der Waals surface area contributed by atoms with Gasteiger partial charge in [0.15, 0.2) is 0 Å². The molecule has 0 atom stereocenters. The van der Waals surface area contributed by atoms with E-state index in [1.165, 1.54) is 6.92 Å². The first kappa shape index (κ1) is 9.27. The second-order valence-electron chi connectivity index (χ2n) is 0.422. The summed E-state index contributed by atoms with van der Waals surface area (Å²) in [5.74, 6) is 0. The fourth-order valence-corrected chi connectivity index (χ4v) is 0. The minimum atomic E-state index is -0.250. The van der Waals surface area contributed by atoms with Crippen molar-refractivity contribution in [2.75, 3.05) is 13.8 Å². The van der Waals surface area contributed by atoms with Gasteiger partial charge in [-0.05, 0) is 11.4 Å². The van der Waals surface area contributed by atoms with Crippen LogP contribution in [0.3, 0.4) is 0 Å². The summed E-state index contributed by atoms with van der Waals surface area (Å²) in [4.78, 5) is 2.75. The molecule has 0 unspecified atom stereocenters. The lowest BCUT2D eigenvalue weighted by molar-refractivity contribution is -0.0960. The highest BCUT2D eigenvalue weighted by Gasteiger charge is 1.39. The van der Waals surface area contributed by atoms with Crippen molar-refractivity contribution < 1.29 is 13.9 Å². The summed E-state index contributed by atoms with van der Waals surface area (Å²) in [5.41, 5.74) is 0. The molecular weight excluding hydrogens is 90.0 g/mol. The van der Waals surface area contributed by atoms with Crippen LogP contribution in [0.25, 0.3) is 0 Å². The Labute approximate surface area is 35.8 Å². The Hall–Kier alpha value is -0.180. The van der Waals surface area contributed by atoms with E-state index in [9.17, 15) is 8.92 Å². The molecule has 1 nitrogen and oxygen atoms in total. The highest BCUT2D eigenvalue weighted by Crippen LogP contribution is 1.49. The summed E-state index contributed by atoms with van der Waals surface area (Å²) in [6.45, 7) is 1.21. The average Bonchev–Trinajstić information content (AvgIpc) is 1.39. The molecule has 0 saturated carbocycles. The van der Waals surface area contributed by atoms with Crippen molar-refractivity contribution in [3.63, 3.8) is 0 Å².